The third-order valence-corrected chi connectivity index (χ3v) is 12.4. The molecule has 16 heteroatoms. The number of ether oxygens (including phenoxy) is 2. The molecule has 8 rings (SSSR count). The molecule has 0 spiro atoms. The number of halogens is 6. The number of alkyl halides is 6. The fourth-order valence-corrected chi connectivity index (χ4v) is 8.76. The van der Waals surface area contributed by atoms with Gasteiger partial charge in [0.2, 0.25) is 0 Å². The van der Waals surface area contributed by atoms with E-state index in [-0.39, 0.29) is 25.0 Å². The molecule has 2 aliphatic heterocycles. The molecule has 1 aromatic heterocycles. The van der Waals surface area contributed by atoms with Gasteiger partial charge in [-0.05, 0) is 114 Å². The molecule has 0 radical (unpaired) electrons. The van der Waals surface area contributed by atoms with Crippen molar-refractivity contribution in [1.82, 2.24) is 5.16 Å². The number of carboxylic acids is 2. The first kappa shape index (κ1) is 45.2. The van der Waals surface area contributed by atoms with Gasteiger partial charge in [0.1, 0.15) is 23.7 Å². The van der Waals surface area contributed by atoms with Crippen molar-refractivity contribution in [3.8, 4) is 33.9 Å². The quantitative estimate of drug-likeness (QED) is 0.0907. The lowest BCUT2D eigenvalue weighted by molar-refractivity contribution is -0.140. The van der Waals surface area contributed by atoms with Crippen LogP contribution >= 0.6 is 23.5 Å². The van der Waals surface area contributed by atoms with Gasteiger partial charge in [0.05, 0.1) is 29.7 Å². The van der Waals surface area contributed by atoms with E-state index in [2.05, 4.69) is 11.2 Å². The van der Waals surface area contributed by atoms with Crippen LogP contribution in [0.5, 0.6) is 11.5 Å². The van der Waals surface area contributed by atoms with Crippen molar-refractivity contribution in [2.24, 2.45) is 0 Å². The van der Waals surface area contributed by atoms with E-state index in [1.54, 1.807) is 29.6 Å². The molecule has 0 aliphatic carbocycles. The predicted octanol–water partition coefficient (Wildman–Crippen LogP) is 12.7. The third kappa shape index (κ3) is 12.4. The van der Waals surface area contributed by atoms with E-state index in [0.29, 0.717) is 41.4 Å². The first-order valence-electron chi connectivity index (χ1n) is 19.7. The van der Waals surface area contributed by atoms with Gasteiger partial charge in [-0.1, -0.05) is 53.7 Å². The summed E-state index contributed by atoms with van der Waals surface area (Å²) in [6.45, 7) is 0. The molecular weight excluding hydrogens is 869 g/mol. The molecule has 328 valence electrons. The number of aryl methyl sites for hydroxylation is 2. The van der Waals surface area contributed by atoms with Crippen LogP contribution in [-0.4, -0.2) is 39.5 Å². The van der Waals surface area contributed by atoms with Crippen molar-refractivity contribution in [3.63, 3.8) is 0 Å². The van der Waals surface area contributed by atoms with E-state index < -0.39 is 35.4 Å². The van der Waals surface area contributed by atoms with Gasteiger partial charge in [0, 0.05) is 32.9 Å². The van der Waals surface area contributed by atoms with Crippen molar-refractivity contribution < 1.29 is 60.1 Å². The standard InChI is InChI=1S/C25H21F3O3S.C22H18F3NO4S/c26-25(27,28)20-8-5-18(6-9-20)17-3-1-16(2-4-17)15-32-22-11-12-23-19(13-22)7-10-21(31-23)14-24(29)30;23-22(24,25)15-4-1-13(2-5-15)20-10-16(26-30-20)12-31-18-7-8-19-14(9-18)3-6-17(29-19)11-21(27)28/h1-6,8-9,11-13,21H,7,10,14-15H2,(H,29,30);1-2,4-5,7-10,17H,3,6,11-12H2,(H,27,28). The van der Waals surface area contributed by atoms with Gasteiger partial charge in [-0.25, -0.2) is 0 Å². The van der Waals surface area contributed by atoms with Crippen LogP contribution in [0.1, 0.15) is 59.2 Å². The van der Waals surface area contributed by atoms with Crippen LogP contribution in [0.3, 0.4) is 0 Å². The Labute approximate surface area is 366 Å². The molecule has 2 aliphatic rings. The summed E-state index contributed by atoms with van der Waals surface area (Å²) in [6, 6.07) is 31.2. The number of carboxylic acid groups (broad SMARTS) is 2. The molecule has 0 saturated carbocycles. The van der Waals surface area contributed by atoms with Crippen LogP contribution in [0.4, 0.5) is 26.3 Å². The lowest BCUT2D eigenvalue weighted by Gasteiger charge is -2.25. The summed E-state index contributed by atoms with van der Waals surface area (Å²) in [7, 11) is 0. The number of aromatic nitrogens is 1. The van der Waals surface area contributed by atoms with E-state index in [0.717, 1.165) is 86.2 Å². The summed E-state index contributed by atoms with van der Waals surface area (Å²) < 4.78 is 93.1. The van der Waals surface area contributed by atoms with Gasteiger partial charge < -0.3 is 24.2 Å². The highest BCUT2D eigenvalue weighted by molar-refractivity contribution is 7.98. The molecule has 2 unspecified atom stereocenters. The lowest BCUT2D eigenvalue weighted by Crippen LogP contribution is -2.25. The van der Waals surface area contributed by atoms with Crippen LogP contribution < -0.4 is 9.47 Å². The van der Waals surface area contributed by atoms with Crippen molar-refractivity contribution in [2.75, 3.05) is 0 Å². The van der Waals surface area contributed by atoms with Crippen molar-refractivity contribution in [2.45, 2.75) is 84.4 Å². The molecule has 6 aromatic rings. The average Bonchev–Trinajstić information content (AvgIpc) is 3.74. The van der Waals surface area contributed by atoms with Gasteiger partial charge in [0.25, 0.3) is 0 Å². The fraction of sp³-hybridized carbons (Fsp3) is 0.255. The van der Waals surface area contributed by atoms with E-state index >= 15 is 0 Å². The molecular formula is C47H39F6NO7S2. The highest BCUT2D eigenvalue weighted by Gasteiger charge is 2.31. The van der Waals surface area contributed by atoms with E-state index in [1.807, 2.05) is 54.6 Å². The molecule has 5 aromatic carbocycles. The minimum Gasteiger partial charge on any atom is -0.490 e. The van der Waals surface area contributed by atoms with E-state index in [9.17, 15) is 35.9 Å². The smallest absolute Gasteiger partial charge is 0.416 e. The number of thioether (sulfide) groups is 2. The largest absolute Gasteiger partial charge is 0.490 e. The van der Waals surface area contributed by atoms with Crippen molar-refractivity contribution >= 4 is 35.5 Å². The lowest BCUT2D eigenvalue weighted by atomic mass is 10.0. The molecule has 8 nitrogen and oxygen atoms in total. The molecule has 0 fully saturated rings. The SMILES string of the molecule is O=C(O)CC1CCc2cc(SCc3cc(-c4ccc(C(F)(F)F)cc4)on3)ccc2O1.O=C(O)CC1CCc2cc(SCc3ccc(-c4ccc(C(F)(F)F)cc4)cc3)ccc2O1. The van der Waals surface area contributed by atoms with Crippen LogP contribution in [-0.2, 0) is 46.3 Å². The Morgan fingerprint density at radius 2 is 1.03 bits per heavy atom. The zero-order chi connectivity index (χ0) is 44.7. The number of benzene rings is 5. The van der Waals surface area contributed by atoms with Crippen LogP contribution in [0, 0.1) is 0 Å². The van der Waals surface area contributed by atoms with Gasteiger partial charge in [0.15, 0.2) is 5.76 Å². The second-order valence-electron chi connectivity index (χ2n) is 14.9. The molecule has 0 saturated heterocycles. The van der Waals surface area contributed by atoms with Crippen LogP contribution in [0.15, 0.2) is 130 Å². The summed E-state index contributed by atoms with van der Waals surface area (Å²) in [4.78, 5) is 23.9. The number of hydrogen-bond acceptors (Lipinski definition) is 8. The summed E-state index contributed by atoms with van der Waals surface area (Å²) in [5, 5.41) is 21.9. The molecule has 2 atom stereocenters. The van der Waals surface area contributed by atoms with Gasteiger partial charge >= 0.3 is 24.3 Å². The first-order valence-corrected chi connectivity index (χ1v) is 21.7. The minimum atomic E-state index is -4.38. The maximum absolute atomic E-state index is 12.7. The Morgan fingerprint density at radius 1 is 0.587 bits per heavy atom. The molecule has 2 N–H and O–H groups in total. The Bertz CT molecular complexity index is 2520. The highest BCUT2D eigenvalue weighted by Crippen LogP contribution is 2.37. The number of hydrogen-bond donors (Lipinski definition) is 2. The number of carbonyl (C=O) groups is 2. The Morgan fingerprint density at radius 3 is 1.49 bits per heavy atom. The van der Waals surface area contributed by atoms with Gasteiger partial charge in [-0.3, -0.25) is 9.59 Å². The third-order valence-electron chi connectivity index (χ3n) is 10.3. The zero-order valence-electron chi connectivity index (χ0n) is 33.2. The Balaban J connectivity index is 0.000000189. The summed E-state index contributed by atoms with van der Waals surface area (Å²) in [6.07, 6.45) is -6.38. The zero-order valence-corrected chi connectivity index (χ0v) is 34.9. The Hall–Kier alpha value is -5.87. The first-order chi connectivity index (χ1) is 30.1. The number of rotatable bonds is 12. The maximum Gasteiger partial charge on any atom is 0.416 e. The second kappa shape index (κ2) is 19.7. The number of fused-ring (bicyclic) bond motifs is 2. The van der Waals surface area contributed by atoms with E-state index in [1.165, 1.54) is 24.3 Å². The van der Waals surface area contributed by atoms with Crippen LogP contribution in [0.2, 0.25) is 0 Å². The molecule has 63 heavy (non-hydrogen) atoms. The minimum absolute atomic E-state index is 0.0105. The maximum atomic E-state index is 12.7. The topological polar surface area (TPSA) is 119 Å². The molecule has 0 amide bonds. The molecule has 0 bridgehead atoms. The number of aliphatic carboxylic acids is 2. The monoisotopic (exact) mass is 907 g/mol. The van der Waals surface area contributed by atoms with Gasteiger partial charge in [-0.2, -0.15) is 26.3 Å². The van der Waals surface area contributed by atoms with Crippen molar-refractivity contribution in [3.05, 3.63) is 149 Å². The average molecular weight is 908 g/mol. The highest BCUT2D eigenvalue weighted by atomic mass is 32.2. The van der Waals surface area contributed by atoms with E-state index in [4.69, 9.17) is 24.2 Å². The van der Waals surface area contributed by atoms with Crippen LogP contribution in [0.25, 0.3) is 22.5 Å². The Kier molecular flexibility index (Phi) is 14.1. The van der Waals surface area contributed by atoms with Gasteiger partial charge in [-0.15, -0.1) is 23.5 Å². The normalized spacial score (nSPS) is 15.8. The summed E-state index contributed by atoms with van der Waals surface area (Å²) >= 11 is 3.24. The summed E-state index contributed by atoms with van der Waals surface area (Å²) in [5.41, 5.74) is 4.70. The second-order valence-corrected chi connectivity index (χ2v) is 17.0. The fourth-order valence-electron chi connectivity index (χ4n) is 7.01. The number of nitrogens with zero attached hydrogens (tertiary/aromatic N) is 1. The molecule has 3 heterocycles. The summed E-state index contributed by atoms with van der Waals surface area (Å²) in [5.74, 6) is 1.45. The predicted molar refractivity (Wildman–Crippen MR) is 226 cm³/mol. The van der Waals surface area contributed by atoms with Crippen molar-refractivity contribution in [1.29, 1.82) is 0 Å².